The molecule has 7 nitrogen and oxygen atoms in total. The van der Waals surface area contributed by atoms with Gasteiger partial charge in [-0.15, -0.1) is 0 Å². The Bertz CT molecular complexity index is 1350. The second kappa shape index (κ2) is 8.82. The molecule has 0 bridgehead atoms. The van der Waals surface area contributed by atoms with Crippen LogP contribution in [0, 0.1) is 40.4 Å². The first kappa shape index (κ1) is 22.1. The van der Waals surface area contributed by atoms with Crippen molar-refractivity contribution in [3.63, 3.8) is 0 Å². The second-order valence-electron chi connectivity index (χ2n) is 7.86. The predicted molar refractivity (Wildman–Crippen MR) is 124 cm³/mol. The first-order valence-electron chi connectivity index (χ1n) is 10.5. The summed E-state index contributed by atoms with van der Waals surface area (Å²) in [5.41, 5.74) is 4.36. The standard InChI is InChI=1S/C25H24FN5O2/c1-14-6-7-19(12-22(14)26)25(32)29-20-8-10-21(11-9-20)33-24-13-23(27-18(5)28-24)31-17(4)15(2)16(3)30-31/h6-13H,1-5H3,(H,29,32). The zero-order valence-electron chi connectivity index (χ0n) is 19.1. The highest BCUT2D eigenvalue weighted by Crippen LogP contribution is 2.24. The number of aromatic nitrogens is 4. The monoisotopic (exact) mass is 445 g/mol. The molecular weight excluding hydrogens is 421 g/mol. The van der Waals surface area contributed by atoms with E-state index in [4.69, 9.17) is 4.74 Å². The molecule has 0 aliphatic heterocycles. The first-order valence-corrected chi connectivity index (χ1v) is 10.5. The number of anilines is 1. The number of rotatable bonds is 5. The number of carbonyl (C=O) groups is 1. The van der Waals surface area contributed by atoms with Gasteiger partial charge in [-0.05, 0) is 82.1 Å². The fourth-order valence-corrected chi connectivity index (χ4v) is 3.29. The Balaban J connectivity index is 1.50. The lowest BCUT2D eigenvalue weighted by Crippen LogP contribution is -2.12. The van der Waals surface area contributed by atoms with Crippen LogP contribution in [0.25, 0.3) is 5.82 Å². The Kier molecular flexibility index (Phi) is 5.91. The van der Waals surface area contributed by atoms with Gasteiger partial charge in [0, 0.05) is 23.0 Å². The Morgan fingerprint density at radius 1 is 0.970 bits per heavy atom. The van der Waals surface area contributed by atoms with E-state index in [9.17, 15) is 9.18 Å². The van der Waals surface area contributed by atoms with Gasteiger partial charge in [-0.25, -0.2) is 14.1 Å². The molecule has 33 heavy (non-hydrogen) atoms. The molecule has 8 heteroatoms. The van der Waals surface area contributed by atoms with Gasteiger partial charge in [-0.1, -0.05) is 6.07 Å². The lowest BCUT2D eigenvalue weighted by atomic mass is 10.1. The number of halogens is 1. The molecule has 168 valence electrons. The van der Waals surface area contributed by atoms with Gasteiger partial charge >= 0.3 is 0 Å². The van der Waals surface area contributed by atoms with Crippen molar-refractivity contribution in [2.45, 2.75) is 34.6 Å². The lowest BCUT2D eigenvalue weighted by Gasteiger charge is -2.10. The molecule has 2 aromatic carbocycles. The molecule has 0 atom stereocenters. The number of benzene rings is 2. The quantitative estimate of drug-likeness (QED) is 0.446. The van der Waals surface area contributed by atoms with Crippen molar-refractivity contribution >= 4 is 11.6 Å². The molecule has 2 heterocycles. The van der Waals surface area contributed by atoms with Crippen LogP contribution in [0.4, 0.5) is 10.1 Å². The van der Waals surface area contributed by atoms with Crippen molar-refractivity contribution < 1.29 is 13.9 Å². The number of nitrogens with one attached hydrogen (secondary N) is 1. The molecule has 0 radical (unpaired) electrons. The summed E-state index contributed by atoms with van der Waals surface area (Å²) in [5, 5.41) is 7.30. The molecule has 4 aromatic rings. The van der Waals surface area contributed by atoms with E-state index in [1.54, 1.807) is 61.0 Å². The summed E-state index contributed by atoms with van der Waals surface area (Å²) < 4.78 is 21.4. The average molecular weight is 445 g/mol. The number of carbonyl (C=O) groups excluding carboxylic acids is 1. The van der Waals surface area contributed by atoms with Crippen molar-refractivity contribution in [3.8, 4) is 17.4 Å². The van der Waals surface area contributed by atoms with E-state index < -0.39 is 5.82 Å². The highest BCUT2D eigenvalue weighted by molar-refractivity contribution is 6.04. The van der Waals surface area contributed by atoms with Crippen LogP contribution in [-0.4, -0.2) is 25.7 Å². The van der Waals surface area contributed by atoms with Crippen LogP contribution in [0.5, 0.6) is 11.6 Å². The summed E-state index contributed by atoms with van der Waals surface area (Å²) in [6.45, 7) is 9.41. The van der Waals surface area contributed by atoms with E-state index in [1.165, 1.54) is 6.07 Å². The molecule has 0 spiro atoms. The Morgan fingerprint density at radius 2 is 1.70 bits per heavy atom. The van der Waals surface area contributed by atoms with E-state index in [2.05, 4.69) is 20.4 Å². The molecule has 0 saturated heterocycles. The number of ether oxygens (including phenoxy) is 1. The SMILES string of the molecule is Cc1nc(Oc2ccc(NC(=O)c3ccc(C)c(F)c3)cc2)cc(-n2nc(C)c(C)c2C)n1. The second-order valence-corrected chi connectivity index (χ2v) is 7.86. The maximum atomic E-state index is 13.7. The topological polar surface area (TPSA) is 81.9 Å². The summed E-state index contributed by atoms with van der Waals surface area (Å²) in [6.07, 6.45) is 0. The summed E-state index contributed by atoms with van der Waals surface area (Å²) in [6, 6.07) is 13.0. The van der Waals surface area contributed by atoms with Gasteiger partial charge in [0.1, 0.15) is 17.4 Å². The molecule has 1 N–H and O–H groups in total. The van der Waals surface area contributed by atoms with Gasteiger partial charge in [0.05, 0.1) is 5.69 Å². The van der Waals surface area contributed by atoms with Gasteiger partial charge < -0.3 is 10.1 Å². The lowest BCUT2D eigenvalue weighted by molar-refractivity contribution is 0.102. The Hall–Kier alpha value is -4.07. The minimum atomic E-state index is -0.415. The average Bonchev–Trinajstić information content (AvgIpc) is 3.04. The highest BCUT2D eigenvalue weighted by atomic mass is 19.1. The predicted octanol–water partition coefficient (Wildman–Crippen LogP) is 5.39. The molecule has 2 aromatic heterocycles. The fraction of sp³-hybridized carbons (Fsp3) is 0.200. The Labute approximate surface area is 191 Å². The number of hydrogen-bond donors (Lipinski definition) is 1. The normalized spacial score (nSPS) is 10.8. The number of hydrogen-bond acceptors (Lipinski definition) is 5. The molecule has 0 aliphatic carbocycles. The van der Waals surface area contributed by atoms with Gasteiger partial charge in [-0.3, -0.25) is 4.79 Å². The van der Waals surface area contributed by atoms with E-state index in [0.29, 0.717) is 34.5 Å². The summed E-state index contributed by atoms with van der Waals surface area (Å²) in [5.74, 6) is 1.31. The number of aryl methyl sites for hydroxylation is 3. The van der Waals surface area contributed by atoms with Crippen molar-refractivity contribution in [2.75, 3.05) is 5.32 Å². The number of nitrogens with zero attached hydrogens (tertiary/aromatic N) is 4. The van der Waals surface area contributed by atoms with E-state index in [-0.39, 0.29) is 11.5 Å². The zero-order chi connectivity index (χ0) is 23.7. The van der Waals surface area contributed by atoms with Crippen molar-refractivity contribution in [3.05, 3.63) is 88.3 Å². The first-order chi connectivity index (χ1) is 15.7. The van der Waals surface area contributed by atoms with Crippen LogP contribution in [0.2, 0.25) is 0 Å². The molecule has 0 aliphatic rings. The summed E-state index contributed by atoms with van der Waals surface area (Å²) >= 11 is 0. The zero-order valence-corrected chi connectivity index (χ0v) is 19.1. The maximum absolute atomic E-state index is 13.7. The maximum Gasteiger partial charge on any atom is 0.255 e. The van der Waals surface area contributed by atoms with Gasteiger partial charge in [0.2, 0.25) is 5.88 Å². The molecule has 0 unspecified atom stereocenters. The molecule has 0 fully saturated rings. The Morgan fingerprint density at radius 3 is 2.33 bits per heavy atom. The van der Waals surface area contributed by atoms with Gasteiger partial charge in [0.15, 0.2) is 5.82 Å². The third-order valence-corrected chi connectivity index (χ3v) is 5.44. The van der Waals surface area contributed by atoms with Crippen molar-refractivity contribution in [1.29, 1.82) is 0 Å². The molecule has 1 amide bonds. The molecular formula is C25H24FN5O2. The van der Waals surface area contributed by atoms with E-state index >= 15 is 0 Å². The summed E-state index contributed by atoms with van der Waals surface area (Å²) in [7, 11) is 0. The van der Waals surface area contributed by atoms with Crippen LogP contribution in [0.3, 0.4) is 0 Å². The van der Waals surface area contributed by atoms with Gasteiger partial charge in [0.25, 0.3) is 5.91 Å². The van der Waals surface area contributed by atoms with Crippen molar-refractivity contribution in [1.82, 2.24) is 19.7 Å². The minimum absolute atomic E-state index is 0.252. The van der Waals surface area contributed by atoms with Crippen LogP contribution >= 0.6 is 0 Å². The summed E-state index contributed by atoms with van der Waals surface area (Å²) in [4.78, 5) is 21.2. The highest BCUT2D eigenvalue weighted by Gasteiger charge is 2.13. The van der Waals surface area contributed by atoms with E-state index in [1.807, 2.05) is 20.8 Å². The van der Waals surface area contributed by atoms with Crippen LogP contribution < -0.4 is 10.1 Å². The fourth-order valence-electron chi connectivity index (χ4n) is 3.29. The van der Waals surface area contributed by atoms with Gasteiger partial charge in [-0.2, -0.15) is 10.1 Å². The van der Waals surface area contributed by atoms with Crippen LogP contribution in [0.15, 0.2) is 48.5 Å². The van der Waals surface area contributed by atoms with Crippen molar-refractivity contribution in [2.24, 2.45) is 0 Å². The smallest absolute Gasteiger partial charge is 0.255 e. The minimum Gasteiger partial charge on any atom is -0.439 e. The van der Waals surface area contributed by atoms with Crippen LogP contribution in [0.1, 0.15) is 38.7 Å². The third kappa shape index (κ3) is 4.74. The molecule has 0 saturated carbocycles. The number of amides is 1. The van der Waals surface area contributed by atoms with E-state index in [0.717, 1.165) is 17.0 Å². The molecule has 4 rings (SSSR count). The largest absolute Gasteiger partial charge is 0.439 e. The van der Waals surface area contributed by atoms with Crippen LogP contribution in [-0.2, 0) is 0 Å². The third-order valence-electron chi connectivity index (χ3n) is 5.44.